The van der Waals surface area contributed by atoms with Gasteiger partial charge in [-0.15, -0.1) is 0 Å². The Kier molecular flexibility index (Phi) is 4.95. The van der Waals surface area contributed by atoms with Gasteiger partial charge < -0.3 is 15.4 Å². The summed E-state index contributed by atoms with van der Waals surface area (Å²) < 4.78 is 5.64. The number of pyridine rings is 1. The minimum absolute atomic E-state index is 0.0270. The van der Waals surface area contributed by atoms with Gasteiger partial charge in [-0.2, -0.15) is 0 Å². The van der Waals surface area contributed by atoms with Gasteiger partial charge in [0.05, 0.1) is 6.20 Å². The van der Waals surface area contributed by atoms with Gasteiger partial charge in [-0.3, -0.25) is 9.78 Å². The van der Waals surface area contributed by atoms with Crippen molar-refractivity contribution in [2.45, 2.75) is 38.8 Å². The molecule has 5 nitrogen and oxygen atoms in total. The Labute approximate surface area is 120 Å². The second-order valence-corrected chi connectivity index (χ2v) is 5.49. The first-order chi connectivity index (χ1) is 9.58. The Morgan fingerprint density at radius 2 is 2.35 bits per heavy atom. The average Bonchev–Trinajstić information content (AvgIpc) is 2.47. The number of aromatic nitrogens is 1. The van der Waals surface area contributed by atoms with E-state index in [-0.39, 0.29) is 11.9 Å². The maximum atomic E-state index is 12.4. The van der Waals surface area contributed by atoms with Gasteiger partial charge in [-0.1, -0.05) is 0 Å². The first kappa shape index (κ1) is 14.8. The van der Waals surface area contributed by atoms with E-state index in [1.807, 2.05) is 11.8 Å². The minimum Gasteiger partial charge on any atom is -0.479 e. The number of carbonyl (C=O) groups is 1. The van der Waals surface area contributed by atoms with Crippen LogP contribution in [-0.4, -0.2) is 41.0 Å². The van der Waals surface area contributed by atoms with Crippen LogP contribution >= 0.6 is 0 Å². The fraction of sp³-hybridized carbons (Fsp3) is 0.600. The lowest BCUT2D eigenvalue weighted by molar-refractivity contribution is -0.139. The molecule has 1 saturated heterocycles. The maximum Gasteiger partial charge on any atom is 0.263 e. The van der Waals surface area contributed by atoms with Crippen molar-refractivity contribution >= 4 is 5.91 Å². The summed E-state index contributed by atoms with van der Waals surface area (Å²) in [5.74, 6) is 1.03. The molecule has 2 N–H and O–H groups in total. The number of nitrogens with zero attached hydrogens (tertiary/aromatic N) is 2. The lowest BCUT2D eigenvalue weighted by Crippen LogP contribution is -2.48. The molecule has 1 aliphatic rings. The van der Waals surface area contributed by atoms with E-state index in [0.717, 1.165) is 25.9 Å². The fourth-order valence-corrected chi connectivity index (χ4v) is 2.57. The van der Waals surface area contributed by atoms with E-state index < -0.39 is 6.10 Å². The molecule has 110 valence electrons. The highest BCUT2D eigenvalue weighted by Gasteiger charge is 2.29. The molecule has 1 amide bonds. The molecule has 0 radical (unpaired) electrons. The summed E-state index contributed by atoms with van der Waals surface area (Å²) in [6.45, 7) is 5.32. The zero-order chi connectivity index (χ0) is 14.5. The third-order valence-electron chi connectivity index (χ3n) is 3.81. The van der Waals surface area contributed by atoms with Crippen LogP contribution in [0.1, 0.15) is 26.7 Å². The number of nitrogens with two attached hydrogens (primary N) is 1. The molecule has 1 aliphatic heterocycles. The molecule has 2 rings (SSSR count). The molecule has 0 saturated carbocycles. The third kappa shape index (κ3) is 3.70. The molecule has 2 heterocycles. The average molecular weight is 277 g/mol. The Morgan fingerprint density at radius 3 is 3.00 bits per heavy atom. The predicted octanol–water partition coefficient (Wildman–Crippen LogP) is 1.43. The normalized spacial score (nSPS) is 22.1. The van der Waals surface area contributed by atoms with Crippen LogP contribution in [0.5, 0.6) is 5.75 Å². The number of piperidine rings is 1. The number of carbonyl (C=O) groups excluding carboxylic acids is 1. The van der Waals surface area contributed by atoms with E-state index in [9.17, 15) is 4.79 Å². The highest BCUT2D eigenvalue weighted by Crippen LogP contribution is 2.20. The highest BCUT2D eigenvalue weighted by atomic mass is 16.5. The SMILES string of the molecule is C[C@H](Oc1cccnc1)C(=O)N1CCC[C@H]([C@@H](C)N)C1. The summed E-state index contributed by atoms with van der Waals surface area (Å²) in [5, 5.41) is 0. The van der Waals surface area contributed by atoms with Crippen molar-refractivity contribution in [3.05, 3.63) is 24.5 Å². The third-order valence-corrected chi connectivity index (χ3v) is 3.81. The highest BCUT2D eigenvalue weighted by molar-refractivity contribution is 5.81. The number of hydrogen-bond acceptors (Lipinski definition) is 4. The van der Waals surface area contributed by atoms with Gasteiger partial charge >= 0.3 is 0 Å². The molecule has 0 unspecified atom stereocenters. The van der Waals surface area contributed by atoms with Crippen LogP contribution in [0.4, 0.5) is 0 Å². The molecule has 0 aromatic carbocycles. The smallest absolute Gasteiger partial charge is 0.263 e. The molecule has 20 heavy (non-hydrogen) atoms. The Balaban J connectivity index is 1.93. The minimum atomic E-state index is -0.494. The molecule has 1 fully saturated rings. The lowest BCUT2D eigenvalue weighted by atomic mass is 9.92. The molecule has 5 heteroatoms. The van der Waals surface area contributed by atoms with Crippen molar-refractivity contribution < 1.29 is 9.53 Å². The summed E-state index contributed by atoms with van der Waals surface area (Å²) in [5.41, 5.74) is 5.95. The number of amides is 1. The van der Waals surface area contributed by atoms with Crippen LogP contribution in [0.3, 0.4) is 0 Å². The van der Waals surface area contributed by atoms with Gasteiger partial charge in [-0.05, 0) is 44.7 Å². The van der Waals surface area contributed by atoms with Gasteiger partial charge in [0, 0.05) is 25.3 Å². The molecule has 0 aliphatic carbocycles. The molecule has 0 bridgehead atoms. The number of likely N-dealkylation sites (tertiary alicyclic amines) is 1. The number of ether oxygens (including phenoxy) is 1. The van der Waals surface area contributed by atoms with Crippen LogP contribution < -0.4 is 10.5 Å². The summed E-state index contributed by atoms with van der Waals surface area (Å²) >= 11 is 0. The Morgan fingerprint density at radius 1 is 1.55 bits per heavy atom. The largest absolute Gasteiger partial charge is 0.479 e. The lowest BCUT2D eigenvalue weighted by Gasteiger charge is -2.35. The van der Waals surface area contributed by atoms with Crippen molar-refractivity contribution in [2.75, 3.05) is 13.1 Å². The first-order valence-electron chi connectivity index (χ1n) is 7.19. The van der Waals surface area contributed by atoms with Crippen molar-refractivity contribution in [2.24, 2.45) is 11.7 Å². The monoisotopic (exact) mass is 277 g/mol. The Hall–Kier alpha value is -1.62. The van der Waals surface area contributed by atoms with Crippen molar-refractivity contribution in [1.82, 2.24) is 9.88 Å². The summed E-state index contributed by atoms with van der Waals surface area (Å²) in [6, 6.07) is 3.72. The van der Waals surface area contributed by atoms with Gasteiger partial charge in [-0.25, -0.2) is 0 Å². The molecule has 1 aromatic heterocycles. The second kappa shape index (κ2) is 6.70. The summed E-state index contributed by atoms with van der Waals surface area (Å²) in [4.78, 5) is 18.3. The van der Waals surface area contributed by atoms with Crippen molar-refractivity contribution in [3.8, 4) is 5.75 Å². The van der Waals surface area contributed by atoms with E-state index >= 15 is 0 Å². The summed E-state index contributed by atoms with van der Waals surface area (Å²) in [7, 11) is 0. The van der Waals surface area contributed by atoms with Crippen LogP contribution in [0.25, 0.3) is 0 Å². The predicted molar refractivity (Wildman–Crippen MR) is 77.3 cm³/mol. The van der Waals surface area contributed by atoms with E-state index in [0.29, 0.717) is 11.7 Å². The molecular formula is C15H23N3O2. The van der Waals surface area contributed by atoms with Gasteiger partial charge in [0.15, 0.2) is 6.10 Å². The van der Waals surface area contributed by atoms with Gasteiger partial charge in [0.25, 0.3) is 5.91 Å². The van der Waals surface area contributed by atoms with Crippen molar-refractivity contribution in [1.29, 1.82) is 0 Å². The molecule has 0 spiro atoms. The van der Waals surface area contributed by atoms with Crippen LogP contribution in [-0.2, 0) is 4.79 Å². The summed E-state index contributed by atoms with van der Waals surface area (Å²) in [6.07, 6.45) is 4.91. The Bertz CT molecular complexity index is 436. The van der Waals surface area contributed by atoms with E-state index in [1.165, 1.54) is 0 Å². The molecular weight excluding hydrogens is 254 g/mol. The van der Waals surface area contributed by atoms with Crippen LogP contribution in [0.15, 0.2) is 24.5 Å². The van der Waals surface area contributed by atoms with E-state index in [1.54, 1.807) is 31.5 Å². The van der Waals surface area contributed by atoms with Gasteiger partial charge in [0.2, 0.25) is 0 Å². The standard InChI is InChI=1S/C15H23N3O2/c1-11(16)13-5-4-8-18(10-13)15(19)12(2)20-14-6-3-7-17-9-14/h3,6-7,9,11-13H,4-5,8,10,16H2,1-2H3/t11-,12+,13+/m1/s1. The number of rotatable bonds is 4. The fourth-order valence-electron chi connectivity index (χ4n) is 2.57. The second-order valence-electron chi connectivity index (χ2n) is 5.49. The quantitative estimate of drug-likeness (QED) is 0.904. The van der Waals surface area contributed by atoms with E-state index in [4.69, 9.17) is 10.5 Å². The first-order valence-corrected chi connectivity index (χ1v) is 7.19. The van der Waals surface area contributed by atoms with Gasteiger partial charge in [0.1, 0.15) is 5.75 Å². The van der Waals surface area contributed by atoms with Crippen LogP contribution in [0.2, 0.25) is 0 Å². The van der Waals surface area contributed by atoms with Crippen LogP contribution in [0, 0.1) is 5.92 Å². The topological polar surface area (TPSA) is 68.5 Å². The zero-order valence-corrected chi connectivity index (χ0v) is 12.2. The number of hydrogen-bond donors (Lipinski definition) is 1. The zero-order valence-electron chi connectivity index (χ0n) is 12.2. The molecule has 1 aromatic rings. The maximum absolute atomic E-state index is 12.4. The molecule has 3 atom stereocenters. The van der Waals surface area contributed by atoms with Crippen molar-refractivity contribution in [3.63, 3.8) is 0 Å². The van der Waals surface area contributed by atoms with E-state index in [2.05, 4.69) is 4.98 Å².